The summed E-state index contributed by atoms with van der Waals surface area (Å²) in [6, 6.07) is 2.65. The lowest BCUT2D eigenvalue weighted by molar-refractivity contribution is -0.114. The number of carbonyl (C=O) groups is 3. The molecule has 90 valence electrons. The number of amides is 1. The molecule has 0 aliphatic carbocycles. The molecular weight excluding hydrogens is 226 g/mol. The maximum atomic E-state index is 11.1. The number of nitrogens with one attached hydrogen (secondary N) is 1. The molecule has 1 amide bonds. The van der Waals surface area contributed by atoms with Crippen LogP contribution in [-0.4, -0.2) is 28.1 Å². The van der Waals surface area contributed by atoms with Crippen molar-refractivity contribution in [2.24, 2.45) is 0 Å². The normalized spacial score (nSPS) is 9.76. The van der Waals surface area contributed by atoms with E-state index < -0.39 is 17.8 Å². The molecule has 0 radical (unpaired) electrons. The van der Waals surface area contributed by atoms with E-state index in [1.807, 2.05) is 0 Å². The monoisotopic (exact) mass is 237 g/mol. The number of carbonyl (C=O) groups excluding carboxylic acids is 1. The smallest absolute Gasteiger partial charge is 0.338 e. The lowest BCUT2D eigenvalue weighted by Gasteiger charge is -2.12. The molecule has 0 aromatic heterocycles. The Morgan fingerprint density at radius 1 is 1.12 bits per heavy atom. The molecule has 0 saturated heterocycles. The Hall–Kier alpha value is -2.37. The SMILES string of the molecule is CC(=O)Nc1c(C(=O)O)ccc(C)c1C(=O)O. The Morgan fingerprint density at radius 2 is 1.71 bits per heavy atom. The van der Waals surface area contributed by atoms with Gasteiger partial charge in [-0.1, -0.05) is 6.07 Å². The minimum Gasteiger partial charge on any atom is -0.478 e. The molecule has 0 bridgehead atoms. The molecule has 0 saturated carbocycles. The summed E-state index contributed by atoms with van der Waals surface area (Å²) < 4.78 is 0. The maximum absolute atomic E-state index is 11.1. The van der Waals surface area contributed by atoms with Crippen molar-refractivity contribution >= 4 is 23.5 Å². The fourth-order valence-corrected chi connectivity index (χ4v) is 1.47. The lowest BCUT2D eigenvalue weighted by atomic mass is 10.0. The van der Waals surface area contributed by atoms with Gasteiger partial charge in [-0.3, -0.25) is 4.79 Å². The Morgan fingerprint density at radius 3 is 2.12 bits per heavy atom. The fraction of sp³-hybridized carbons (Fsp3) is 0.182. The van der Waals surface area contributed by atoms with Crippen molar-refractivity contribution in [1.82, 2.24) is 0 Å². The summed E-state index contributed by atoms with van der Waals surface area (Å²) in [7, 11) is 0. The van der Waals surface area contributed by atoms with E-state index in [1.165, 1.54) is 26.0 Å². The number of carboxylic acids is 2. The van der Waals surface area contributed by atoms with Crippen LogP contribution < -0.4 is 5.32 Å². The van der Waals surface area contributed by atoms with Crippen LogP contribution in [0.5, 0.6) is 0 Å². The lowest BCUT2D eigenvalue weighted by Crippen LogP contribution is -2.16. The highest BCUT2D eigenvalue weighted by Crippen LogP contribution is 2.25. The molecular formula is C11H11NO5. The van der Waals surface area contributed by atoms with E-state index >= 15 is 0 Å². The van der Waals surface area contributed by atoms with Crippen LogP contribution in [-0.2, 0) is 4.79 Å². The topological polar surface area (TPSA) is 104 Å². The van der Waals surface area contributed by atoms with Crippen molar-refractivity contribution in [3.05, 3.63) is 28.8 Å². The van der Waals surface area contributed by atoms with E-state index in [-0.39, 0.29) is 16.8 Å². The first kappa shape index (κ1) is 12.7. The van der Waals surface area contributed by atoms with Gasteiger partial charge in [0, 0.05) is 6.92 Å². The Bertz CT molecular complexity index is 507. The third-order valence-corrected chi connectivity index (χ3v) is 2.16. The minimum atomic E-state index is -1.30. The number of rotatable bonds is 3. The molecule has 0 unspecified atom stereocenters. The van der Waals surface area contributed by atoms with Crippen LogP contribution in [0.1, 0.15) is 33.2 Å². The molecule has 1 aromatic carbocycles. The van der Waals surface area contributed by atoms with Gasteiger partial charge in [0.15, 0.2) is 0 Å². The summed E-state index contributed by atoms with van der Waals surface area (Å²) >= 11 is 0. The van der Waals surface area contributed by atoms with Gasteiger partial charge in [-0.25, -0.2) is 9.59 Å². The Labute approximate surface area is 96.9 Å². The molecule has 0 heterocycles. The number of carboxylic acid groups (broad SMARTS) is 2. The second kappa shape index (κ2) is 4.65. The first-order valence-corrected chi connectivity index (χ1v) is 4.72. The van der Waals surface area contributed by atoms with Crippen LogP contribution in [0, 0.1) is 6.92 Å². The second-order valence-electron chi connectivity index (χ2n) is 3.47. The summed E-state index contributed by atoms with van der Waals surface area (Å²) in [6.07, 6.45) is 0. The molecule has 1 rings (SSSR count). The number of aryl methyl sites for hydroxylation is 1. The highest BCUT2D eigenvalue weighted by molar-refractivity contribution is 6.08. The van der Waals surface area contributed by atoms with Crippen molar-refractivity contribution < 1.29 is 24.6 Å². The first-order chi connectivity index (χ1) is 7.84. The van der Waals surface area contributed by atoms with Crippen molar-refractivity contribution in [1.29, 1.82) is 0 Å². The number of anilines is 1. The molecule has 0 aliphatic rings. The third-order valence-electron chi connectivity index (χ3n) is 2.16. The largest absolute Gasteiger partial charge is 0.478 e. The van der Waals surface area contributed by atoms with E-state index in [9.17, 15) is 14.4 Å². The van der Waals surface area contributed by atoms with E-state index in [0.29, 0.717) is 5.56 Å². The highest BCUT2D eigenvalue weighted by Gasteiger charge is 2.21. The van der Waals surface area contributed by atoms with Crippen molar-refractivity contribution in [2.45, 2.75) is 13.8 Å². The third kappa shape index (κ3) is 2.60. The van der Waals surface area contributed by atoms with Crippen LogP contribution >= 0.6 is 0 Å². The summed E-state index contributed by atoms with van der Waals surface area (Å²) in [5.74, 6) is -3.11. The van der Waals surface area contributed by atoms with Crippen LogP contribution in [0.25, 0.3) is 0 Å². The molecule has 0 fully saturated rings. The fourth-order valence-electron chi connectivity index (χ4n) is 1.47. The maximum Gasteiger partial charge on any atom is 0.338 e. The van der Waals surface area contributed by atoms with Gasteiger partial charge >= 0.3 is 11.9 Å². The van der Waals surface area contributed by atoms with E-state index in [0.717, 1.165) is 0 Å². The summed E-state index contributed by atoms with van der Waals surface area (Å²) in [5, 5.41) is 20.2. The van der Waals surface area contributed by atoms with Crippen LogP contribution in [0.15, 0.2) is 12.1 Å². The first-order valence-electron chi connectivity index (χ1n) is 4.72. The predicted octanol–water partition coefficient (Wildman–Crippen LogP) is 1.35. The van der Waals surface area contributed by atoms with Gasteiger partial charge in [-0.15, -0.1) is 0 Å². The summed E-state index contributed by atoms with van der Waals surface area (Å²) in [4.78, 5) is 33.0. The minimum absolute atomic E-state index is 0.183. The van der Waals surface area contributed by atoms with Gasteiger partial charge in [0.2, 0.25) is 5.91 Å². The van der Waals surface area contributed by atoms with Gasteiger partial charge in [-0.2, -0.15) is 0 Å². The summed E-state index contributed by atoms with van der Waals surface area (Å²) in [6.45, 7) is 2.71. The zero-order chi connectivity index (χ0) is 13.2. The standard InChI is InChI=1S/C11H11NO5/c1-5-3-4-7(10(14)15)9(12-6(2)13)8(5)11(16)17/h3-4H,1-2H3,(H,12,13)(H,14,15)(H,16,17). The zero-order valence-electron chi connectivity index (χ0n) is 9.27. The van der Waals surface area contributed by atoms with Crippen LogP contribution in [0.2, 0.25) is 0 Å². The van der Waals surface area contributed by atoms with Gasteiger partial charge < -0.3 is 15.5 Å². The molecule has 6 heteroatoms. The van der Waals surface area contributed by atoms with Crippen molar-refractivity contribution in [3.63, 3.8) is 0 Å². The number of aromatic carboxylic acids is 2. The van der Waals surface area contributed by atoms with Gasteiger partial charge in [0.25, 0.3) is 0 Å². The van der Waals surface area contributed by atoms with E-state index in [2.05, 4.69) is 5.32 Å². The van der Waals surface area contributed by atoms with E-state index in [4.69, 9.17) is 10.2 Å². The van der Waals surface area contributed by atoms with E-state index in [1.54, 1.807) is 0 Å². The second-order valence-corrected chi connectivity index (χ2v) is 3.47. The number of hydrogen-bond donors (Lipinski definition) is 3. The molecule has 17 heavy (non-hydrogen) atoms. The Balaban J connectivity index is 3.55. The van der Waals surface area contributed by atoms with Gasteiger partial charge in [0.05, 0.1) is 16.8 Å². The molecule has 1 aromatic rings. The van der Waals surface area contributed by atoms with Gasteiger partial charge in [0.1, 0.15) is 0 Å². The molecule has 6 nitrogen and oxygen atoms in total. The molecule has 0 atom stereocenters. The average molecular weight is 237 g/mol. The molecule has 3 N–H and O–H groups in total. The van der Waals surface area contributed by atoms with Crippen molar-refractivity contribution in [3.8, 4) is 0 Å². The molecule has 0 spiro atoms. The van der Waals surface area contributed by atoms with Crippen LogP contribution in [0.3, 0.4) is 0 Å². The number of hydrogen-bond acceptors (Lipinski definition) is 3. The highest BCUT2D eigenvalue weighted by atomic mass is 16.4. The van der Waals surface area contributed by atoms with Crippen molar-refractivity contribution in [2.75, 3.05) is 5.32 Å². The predicted molar refractivity (Wildman–Crippen MR) is 59.4 cm³/mol. The van der Waals surface area contributed by atoms with Crippen LogP contribution in [0.4, 0.5) is 5.69 Å². The zero-order valence-corrected chi connectivity index (χ0v) is 9.27. The quantitative estimate of drug-likeness (QED) is 0.736. The average Bonchev–Trinajstić information content (AvgIpc) is 2.15. The van der Waals surface area contributed by atoms with Gasteiger partial charge in [-0.05, 0) is 18.6 Å². The Kier molecular flexibility index (Phi) is 3.47. The summed E-state index contributed by atoms with van der Waals surface area (Å²) in [5.41, 5.74) is -0.257. The molecule has 0 aliphatic heterocycles. The number of benzene rings is 1.